The first-order valence-electron chi connectivity index (χ1n) is 5.10. The SMILES string of the molecule is Cc1c(Cl)c(=O)oc2cc(OCCO)ccc12. The van der Waals surface area contributed by atoms with Gasteiger partial charge in [0.2, 0.25) is 0 Å². The van der Waals surface area contributed by atoms with Crippen LogP contribution in [0.2, 0.25) is 5.02 Å². The van der Waals surface area contributed by atoms with E-state index in [1.165, 1.54) is 0 Å². The molecule has 90 valence electrons. The second kappa shape index (κ2) is 4.77. The van der Waals surface area contributed by atoms with Gasteiger partial charge in [-0.3, -0.25) is 0 Å². The van der Waals surface area contributed by atoms with Crippen LogP contribution >= 0.6 is 11.6 Å². The van der Waals surface area contributed by atoms with Crippen LogP contribution in [0.3, 0.4) is 0 Å². The van der Waals surface area contributed by atoms with Crippen LogP contribution in [0.5, 0.6) is 5.75 Å². The van der Waals surface area contributed by atoms with Crippen LogP contribution in [0.25, 0.3) is 11.0 Å². The lowest BCUT2D eigenvalue weighted by atomic mass is 10.1. The number of ether oxygens (including phenoxy) is 1. The molecule has 1 aromatic heterocycles. The number of aliphatic hydroxyl groups is 1. The highest BCUT2D eigenvalue weighted by atomic mass is 35.5. The average molecular weight is 255 g/mol. The number of halogens is 1. The fraction of sp³-hybridized carbons (Fsp3) is 0.250. The van der Waals surface area contributed by atoms with Crippen LogP contribution in [0.15, 0.2) is 27.4 Å². The molecule has 0 aliphatic heterocycles. The van der Waals surface area contributed by atoms with E-state index >= 15 is 0 Å². The third-order valence-corrected chi connectivity index (χ3v) is 2.87. The normalized spacial score (nSPS) is 10.8. The van der Waals surface area contributed by atoms with Crippen molar-refractivity contribution in [2.45, 2.75) is 6.92 Å². The first-order chi connectivity index (χ1) is 8.13. The van der Waals surface area contributed by atoms with E-state index in [0.717, 1.165) is 5.39 Å². The molecule has 5 heteroatoms. The Balaban J connectivity index is 2.55. The number of hydrogen-bond donors (Lipinski definition) is 1. The van der Waals surface area contributed by atoms with E-state index in [0.29, 0.717) is 16.9 Å². The molecule has 0 bridgehead atoms. The third-order valence-electron chi connectivity index (χ3n) is 2.43. The maximum atomic E-state index is 11.4. The fourth-order valence-corrected chi connectivity index (χ4v) is 1.71. The Bertz CT molecular complexity index is 603. The Labute approximate surface area is 102 Å². The highest BCUT2D eigenvalue weighted by Crippen LogP contribution is 2.25. The number of fused-ring (bicyclic) bond motifs is 1. The second-order valence-corrected chi connectivity index (χ2v) is 3.94. The van der Waals surface area contributed by atoms with Crippen LogP contribution in [-0.2, 0) is 0 Å². The number of benzene rings is 1. The largest absolute Gasteiger partial charge is 0.491 e. The van der Waals surface area contributed by atoms with Gasteiger partial charge in [-0.15, -0.1) is 0 Å². The molecular weight excluding hydrogens is 244 g/mol. The van der Waals surface area contributed by atoms with Crippen molar-refractivity contribution in [3.8, 4) is 5.75 Å². The maximum absolute atomic E-state index is 11.4. The van der Waals surface area contributed by atoms with E-state index in [2.05, 4.69) is 0 Å². The van der Waals surface area contributed by atoms with E-state index in [-0.39, 0.29) is 18.2 Å². The number of rotatable bonds is 3. The van der Waals surface area contributed by atoms with Crippen LogP contribution in [-0.4, -0.2) is 18.3 Å². The molecular formula is C12H11ClO4. The van der Waals surface area contributed by atoms with Crippen LogP contribution in [0.4, 0.5) is 0 Å². The Morgan fingerprint density at radius 2 is 2.24 bits per heavy atom. The third kappa shape index (κ3) is 2.28. The fourth-order valence-electron chi connectivity index (χ4n) is 1.57. The monoisotopic (exact) mass is 254 g/mol. The minimum Gasteiger partial charge on any atom is -0.491 e. The molecule has 2 rings (SSSR count). The lowest BCUT2D eigenvalue weighted by Gasteiger charge is -2.06. The summed E-state index contributed by atoms with van der Waals surface area (Å²) in [6.07, 6.45) is 0. The summed E-state index contributed by atoms with van der Waals surface area (Å²) < 4.78 is 10.3. The molecule has 0 aliphatic rings. The number of aliphatic hydroxyl groups excluding tert-OH is 1. The highest BCUT2D eigenvalue weighted by molar-refractivity contribution is 6.31. The van der Waals surface area contributed by atoms with Crippen molar-refractivity contribution in [3.05, 3.63) is 39.2 Å². The first kappa shape index (κ1) is 12.0. The van der Waals surface area contributed by atoms with Gasteiger partial charge in [0.15, 0.2) is 0 Å². The molecule has 0 amide bonds. The Hall–Kier alpha value is -1.52. The summed E-state index contributed by atoms with van der Waals surface area (Å²) in [7, 11) is 0. The van der Waals surface area contributed by atoms with Crippen molar-refractivity contribution in [2.75, 3.05) is 13.2 Å². The summed E-state index contributed by atoms with van der Waals surface area (Å²) in [6, 6.07) is 5.11. The molecule has 0 fully saturated rings. The Morgan fingerprint density at radius 1 is 1.47 bits per heavy atom. The van der Waals surface area contributed by atoms with Crippen LogP contribution in [0.1, 0.15) is 5.56 Å². The zero-order valence-electron chi connectivity index (χ0n) is 9.20. The standard InChI is InChI=1S/C12H11ClO4/c1-7-9-3-2-8(16-5-4-14)6-10(9)17-12(15)11(7)13/h2-3,6,14H,4-5H2,1H3. The van der Waals surface area contributed by atoms with Gasteiger partial charge in [0, 0.05) is 11.5 Å². The molecule has 0 saturated heterocycles. The maximum Gasteiger partial charge on any atom is 0.355 e. The van der Waals surface area contributed by atoms with Crippen molar-refractivity contribution in [3.63, 3.8) is 0 Å². The van der Waals surface area contributed by atoms with E-state index in [4.69, 9.17) is 25.9 Å². The van der Waals surface area contributed by atoms with Gasteiger partial charge in [0.25, 0.3) is 0 Å². The van der Waals surface area contributed by atoms with Gasteiger partial charge in [-0.1, -0.05) is 11.6 Å². The lowest BCUT2D eigenvalue weighted by molar-refractivity contribution is 0.201. The van der Waals surface area contributed by atoms with Gasteiger partial charge < -0.3 is 14.3 Å². The van der Waals surface area contributed by atoms with Crippen molar-refractivity contribution in [2.24, 2.45) is 0 Å². The second-order valence-electron chi connectivity index (χ2n) is 3.56. The topological polar surface area (TPSA) is 59.7 Å². The molecule has 2 aromatic rings. The molecule has 0 atom stereocenters. The predicted octanol–water partition coefficient (Wildman–Crippen LogP) is 2.13. The minimum atomic E-state index is -0.559. The molecule has 0 unspecified atom stereocenters. The summed E-state index contributed by atoms with van der Waals surface area (Å²) in [5.74, 6) is 0.538. The van der Waals surface area contributed by atoms with E-state index in [1.807, 2.05) is 0 Å². The molecule has 0 radical (unpaired) electrons. The molecule has 1 heterocycles. The summed E-state index contributed by atoms with van der Waals surface area (Å²) in [4.78, 5) is 11.4. The number of hydrogen-bond acceptors (Lipinski definition) is 4. The van der Waals surface area contributed by atoms with Crippen molar-refractivity contribution >= 4 is 22.6 Å². The molecule has 0 saturated carbocycles. The molecule has 1 N–H and O–H groups in total. The van der Waals surface area contributed by atoms with E-state index in [1.54, 1.807) is 25.1 Å². The van der Waals surface area contributed by atoms with Crippen LogP contribution < -0.4 is 10.4 Å². The van der Waals surface area contributed by atoms with Gasteiger partial charge in [-0.25, -0.2) is 4.79 Å². The molecule has 17 heavy (non-hydrogen) atoms. The van der Waals surface area contributed by atoms with Crippen LogP contribution in [0, 0.1) is 6.92 Å². The smallest absolute Gasteiger partial charge is 0.355 e. The van der Waals surface area contributed by atoms with Gasteiger partial charge in [-0.05, 0) is 24.6 Å². The van der Waals surface area contributed by atoms with E-state index in [9.17, 15) is 4.79 Å². The lowest BCUT2D eigenvalue weighted by Crippen LogP contribution is -2.03. The van der Waals surface area contributed by atoms with Crippen molar-refractivity contribution in [1.82, 2.24) is 0 Å². The molecule has 0 spiro atoms. The molecule has 1 aromatic carbocycles. The van der Waals surface area contributed by atoms with Gasteiger partial charge >= 0.3 is 5.63 Å². The van der Waals surface area contributed by atoms with Gasteiger partial charge in [-0.2, -0.15) is 0 Å². The van der Waals surface area contributed by atoms with Crippen molar-refractivity contribution in [1.29, 1.82) is 0 Å². The molecule has 4 nitrogen and oxygen atoms in total. The summed E-state index contributed by atoms with van der Waals surface area (Å²) in [5.41, 5.74) is 0.551. The van der Waals surface area contributed by atoms with E-state index < -0.39 is 5.63 Å². The summed E-state index contributed by atoms with van der Waals surface area (Å²) >= 11 is 5.81. The Morgan fingerprint density at radius 3 is 2.94 bits per heavy atom. The van der Waals surface area contributed by atoms with Gasteiger partial charge in [0.05, 0.1) is 6.61 Å². The summed E-state index contributed by atoms with van der Waals surface area (Å²) in [5, 5.41) is 9.52. The number of aryl methyl sites for hydroxylation is 1. The molecule has 0 aliphatic carbocycles. The quantitative estimate of drug-likeness (QED) is 0.853. The van der Waals surface area contributed by atoms with Crippen molar-refractivity contribution < 1.29 is 14.3 Å². The minimum absolute atomic E-state index is 0.0678. The summed E-state index contributed by atoms with van der Waals surface area (Å²) in [6.45, 7) is 1.89. The predicted molar refractivity (Wildman–Crippen MR) is 64.8 cm³/mol. The highest BCUT2D eigenvalue weighted by Gasteiger charge is 2.09. The van der Waals surface area contributed by atoms with Gasteiger partial charge in [0.1, 0.15) is 23.0 Å². The zero-order valence-corrected chi connectivity index (χ0v) is 9.95. The Kier molecular flexibility index (Phi) is 3.36. The zero-order chi connectivity index (χ0) is 12.4. The average Bonchev–Trinajstić information content (AvgIpc) is 2.33. The first-order valence-corrected chi connectivity index (χ1v) is 5.48.